The van der Waals surface area contributed by atoms with E-state index in [1.165, 1.54) is 11.1 Å². The summed E-state index contributed by atoms with van der Waals surface area (Å²) in [6.07, 6.45) is 1.78. The number of hydrogen-bond acceptors (Lipinski definition) is 2. The number of para-hydroxylation sites is 3. The summed E-state index contributed by atoms with van der Waals surface area (Å²) in [6.45, 7) is 3.06. The van der Waals surface area contributed by atoms with Gasteiger partial charge in [0.2, 0.25) is 0 Å². The van der Waals surface area contributed by atoms with Gasteiger partial charge in [-0.15, -0.1) is 0 Å². The first-order valence-corrected chi connectivity index (χ1v) is 9.89. The minimum atomic E-state index is -0.249. The SMILES string of the molecule is CCn1c(CCc2ccc(NC(=O)Nc3ccccc3)cc2)nc2ccccc21. The van der Waals surface area contributed by atoms with Crippen LogP contribution in [-0.4, -0.2) is 15.6 Å². The van der Waals surface area contributed by atoms with Crippen LogP contribution in [0.25, 0.3) is 11.0 Å². The van der Waals surface area contributed by atoms with E-state index in [1.807, 2.05) is 48.5 Å². The third kappa shape index (κ3) is 4.46. The molecule has 0 unspecified atom stereocenters. The summed E-state index contributed by atoms with van der Waals surface area (Å²) in [4.78, 5) is 16.9. The van der Waals surface area contributed by atoms with Crippen LogP contribution < -0.4 is 10.6 Å². The molecule has 2 amide bonds. The van der Waals surface area contributed by atoms with Crippen molar-refractivity contribution >= 4 is 28.4 Å². The van der Waals surface area contributed by atoms with E-state index in [0.29, 0.717) is 0 Å². The van der Waals surface area contributed by atoms with Gasteiger partial charge in [-0.3, -0.25) is 0 Å². The minimum Gasteiger partial charge on any atom is -0.328 e. The van der Waals surface area contributed by atoms with E-state index in [9.17, 15) is 4.79 Å². The molecule has 146 valence electrons. The van der Waals surface area contributed by atoms with Gasteiger partial charge in [0, 0.05) is 24.3 Å². The Bertz CT molecular complexity index is 1100. The van der Waals surface area contributed by atoms with Crippen LogP contribution in [0.2, 0.25) is 0 Å². The van der Waals surface area contributed by atoms with Crippen LogP contribution in [0.15, 0.2) is 78.9 Å². The van der Waals surface area contributed by atoms with Crippen molar-refractivity contribution < 1.29 is 4.79 Å². The lowest BCUT2D eigenvalue weighted by Gasteiger charge is -2.09. The third-order valence-corrected chi connectivity index (χ3v) is 4.93. The molecule has 2 N–H and O–H groups in total. The Kier molecular flexibility index (Phi) is 5.56. The summed E-state index contributed by atoms with van der Waals surface area (Å²) < 4.78 is 2.28. The van der Waals surface area contributed by atoms with Gasteiger partial charge in [-0.25, -0.2) is 9.78 Å². The molecule has 0 aliphatic heterocycles. The highest BCUT2D eigenvalue weighted by molar-refractivity contribution is 5.99. The number of imidazole rings is 1. The molecule has 0 spiro atoms. The first-order chi connectivity index (χ1) is 14.2. The Morgan fingerprint density at radius 3 is 2.21 bits per heavy atom. The van der Waals surface area contributed by atoms with E-state index in [0.717, 1.165) is 42.1 Å². The van der Waals surface area contributed by atoms with Crippen molar-refractivity contribution in [2.75, 3.05) is 10.6 Å². The quantitative estimate of drug-likeness (QED) is 0.462. The Balaban J connectivity index is 1.37. The average molecular weight is 384 g/mol. The molecule has 0 saturated heterocycles. The Labute approximate surface area is 170 Å². The van der Waals surface area contributed by atoms with E-state index in [-0.39, 0.29) is 6.03 Å². The second kappa shape index (κ2) is 8.61. The highest BCUT2D eigenvalue weighted by atomic mass is 16.2. The number of carbonyl (C=O) groups excluding carboxylic acids is 1. The maximum Gasteiger partial charge on any atom is 0.323 e. The molecule has 29 heavy (non-hydrogen) atoms. The predicted molar refractivity (Wildman–Crippen MR) is 118 cm³/mol. The normalized spacial score (nSPS) is 10.8. The zero-order valence-corrected chi connectivity index (χ0v) is 16.4. The number of amides is 2. The molecular weight excluding hydrogens is 360 g/mol. The molecule has 0 fully saturated rings. The number of hydrogen-bond donors (Lipinski definition) is 2. The van der Waals surface area contributed by atoms with Crippen molar-refractivity contribution in [3.63, 3.8) is 0 Å². The molecule has 0 aliphatic carbocycles. The van der Waals surface area contributed by atoms with Crippen molar-refractivity contribution in [2.24, 2.45) is 0 Å². The van der Waals surface area contributed by atoms with E-state index in [4.69, 9.17) is 4.98 Å². The van der Waals surface area contributed by atoms with E-state index in [2.05, 4.69) is 52.5 Å². The highest BCUT2D eigenvalue weighted by Crippen LogP contribution is 2.18. The summed E-state index contributed by atoms with van der Waals surface area (Å²) in [6, 6.07) is 25.4. The van der Waals surface area contributed by atoms with Crippen LogP contribution in [0.1, 0.15) is 18.3 Å². The number of nitrogens with zero attached hydrogens (tertiary/aromatic N) is 2. The van der Waals surface area contributed by atoms with Crippen LogP contribution in [0.5, 0.6) is 0 Å². The molecule has 5 heteroatoms. The standard InChI is InChI=1S/C24H24N4O/c1-2-28-22-11-7-6-10-21(22)27-23(28)17-14-18-12-15-20(16-13-18)26-24(29)25-19-8-4-3-5-9-19/h3-13,15-16H,2,14,17H2,1H3,(H2,25,26,29). The van der Waals surface area contributed by atoms with Gasteiger partial charge in [0.1, 0.15) is 5.82 Å². The lowest BCUT2D eigenvalue weighted by Crippen LogP contribution is -2.19. The smallest absolute Gasteiger partial charge is 0.323 e. The summed E-state index contributed by atoms with van der Waals surface area (Å²) in [7, 11) is 0. The molecule has 1 heterocycles. The largest absolute Gasteiger partial charge is 0.328 e. The van der Waals surface area contributed by atoms with Crippen molar-refractivity contribution in [2.45, 2.75) is 26.3 Å². The fourth-order valence-electron chi connectivity index (χ4n) is 3.49. The van der Waals surface area contributed by atoms with E-state index in [1.54, 1.807) is 0 Å². The molecule has 4 rings (SSSR count). The van der Waals surface area contributed by atoms with Gasteiger partial charge in [0.15, 0.2) is 0 Å². The Morgan fingerprint density at radius 1 is 0.828 bits per heavy atom. The van der Waals surface area contributed by atoms with Crippen LogP contribution in [0, 0.1) is 0 Å². The highest BCUT2D eigenvalue weighted by Gasteiger charge is 2.09. The summed E-state index contributed by atoms with van der Waals surface area (Å²) in [5.74, 6) is 1.11. The summed E-state index contributed by atoms with van der Waals surface area (Å²) >= 11 is 0. The fraction of sp³-hybridized carbons (Fsp3) is 0.167. The number of benzene rings is 3. The predicted octanol–water partition coefficient (Wildman–Crippen LogP) is 5.49. The molecule has 1 aromatic heterocycles. The first kappa shape index (κ1) is 18.7. The van der Waals surface area contributed by atoms with Gasteiger partial charge < -0.3 is 15.2 Å². The first-order valence-electron chi connectivity index (χ1n) is 9.89. The summed E-state index contributed by atoms with van der Waals surface area (Å²) in [5, 5.41) is 5.68. The molecule has 0 aliphatic rings. The van der Waals surface area contributed by atoms with E-state index >= 15 is 0 Å². The van der Waals surface area contributed by atoms with Crippen molar-refractivity contribution in [3.8, 4) is 0 Å². The third-order valence-electron chi connectivity index (χ3n) is 4.93. The monoisotopic (exact) mass is 384 g/mol. The topological polar surface area (TPSA) is 59.0 Å². The van der Waals surface area contributed by atoms with Gasteiger partial charge >= 0.3 is 6.03 Å². The second-order valence-electron chi connectivity index (χ2n) is 6.90. The number of fused-ring (bicyclic) bond motifs is 1. The van der Waals surface area contributed by atoms with Gasteiger partial charge in [-0.2, -0.15) is 0 Å². The number of carbonyl (C=O) groups is 1. The maximum atomic E-state index is 12.1. The van der Waals surface area contributed by atoms with Gasteiger partial charge in [0.05, 0.1) is 11.0 Å². The average Bonchev–Trinajstić information content (AvgIpc) is 3.11. The number of urea groups is 1. The maximum absolute atomic E-state index is 12.1. The van der Waals surface area contributed by atoms with E-state index < -0.39 is 0 Å². The Hall–Kier alpha value is -3.60. The zero-order valence-electron chi connectivity index (χ0n) is 16.4. The molecule has 0 saturated carbocycles. The molecular formula is C24H24N4O. The second-order valence-corrected chi connectivity index (χ2v) is 6.90. The number of nitrogens with one attached hydrogen (secondary N) is 2. The number of anilines is 2. The van der Waals surface area contributed by atoms with Gasteiger partial charge in [-0.1, -0.05) is 42.5 Å². The molecule has 3 aromatic carbocycles. The summed E-state index contributed by atoms with van der Waals surface area (Å²) in [5.41, 5.74) is 4.99. The van der Waals surface area contributed by atoms with Crippen LogP contribution >= 0.6 is 0 Å². The van der Waals surface area contributed by atoms with Gasteiger partial charge in [-0.05, 0) is 55.3 Å². The molecule has 0 radical (unpaired) electrons. The van der Waals surface area contributed by atoms with Crippen LogP contribution in [0.4, 0.5) is 16.2 Å². The molecule has 0 atom stereocenters. The Morgan fingerprint density at radius 2 is 1.48 bits per heavy atom. The van der Waals surface area contributed by atoms with Crippen LogP contribution in [0.3, 0.4) is 0 Å². The minimum absolute atomic E-state index is 0.249. The fourth-order valence-corrected chi connectivity index (χ4v) is 3.49. The number of rotatable bonds is 6. The van der Waals surface area contributed by atoms with Crippen LogP contribution in [-0.2, 0) is 19.4 Å². The van der Waals surface area contributed by atoms with Crippen molar-refractivity contribution in [3.05, 3.63) is 90.3 Å². The molecule has 5 nitrogen and oxygen atoms in total. The van der Waals surface area contributed by atoms with Gasteiger partial charge in [0.25, 0.3) is 0 Å². The lowest BCUT2D eigenvalue weighted by atomic mass is 10.1. The molecule has 0 bridgehead atoms. The van der Waals surface area contributed by atoms with Crippen molar-refractivity contribution in [1.82, 2.24) is 9.55 Å². The number of aryl methyl sites for hydroxylation is 3. The number of aromatic nitrogens is 2. The lowest BCUT2D eigenvalue weighted by molar-refractivity contribution is 0.262. The zero-order chi connectivity index (χ0) is 20.1. The van der Waals surface area contributed by atoms with Crippen molar-refractivity contribution in [1.29, 1.82) is 0 Å². The molecule has 4 aromatic rings.